The number of methoxy groups -OCH3 is 1. The highest BCUT2D eigenvalue weighted by molar-refractivity contribution is 5.98. The molecule has 2 atom stereocenters. The molecule has 40 heavy (non-hydrogen) atoms. The molecule has 220 valence electrons. The van der Waals surface area contributed by atoms with Gasteiger partial charge in [0.2, 0.25) is 5.91 Å². The Hall–Kier alpha value is -3.49. The van der Waals surface area contributed by atoms with Crippen molar-refractivity contribution in [3.05, 3.63) is 23.3 Å². The number of carboxylic acid groups (broad SMARTS) is 1. The van der Waals surface area contributed by atoms with E-state index < -0.39 is 53.3 Å². The highest BCUT2D eigenvalue weighted by Gasteiger charge is 2.48. The average molecular weight is 568 g/mol. The lowest BCUT2D eigenvalue weighted by molar-refractivity contribution is -0.209. The van der Waals surface area contributed by atoms with E-state index in [1.165, 1.54) is 19.2 Å². The van der Waals surface area contributed by atoms with E-state index in [1.54, 1.807) is 6.92 Å². The standard InChI is InChI=1S/C28H36F3N3O6/c1-26(2,28(29,30)31)15-33-23(35)18-6-5-7-20(18)34-24(36)19-13-21(16(14-32)12-22(19)39-4)40-17-8-10-27(3,11-9-17)25(37)38/h12-13,17-18,20H,5-11,15H2,1-4H3,(H,33,35)(H,34,36)(H,37,38)/t17?,18-,20+,27?/m0/s1. The molecule has 0 radical (unpaired) electrons. The molecule has 9 nitrogen and oxygen atoms in total. The van der Waals surface area contributed by atoms with E-state index in [0.29, 0.717) is 44.9 Å². The maximum absolute atomic E-state index is 13.3. The normalized spacial score (nSPS) is 25.0. The predicted molar refractivity (Wildman–Crippen MR) is 138 cm³/mol. The van der Waals surface area contributed by atoms with Crippen LogP contribution in [-0.2, 0) is 9.59 Å². The van der Waals surface area contributed by atoms with E-state index in [9.17, 15) is 37.9 Å². The molecule has 2 aliphatic carbocycles. The number of hydrogen-bond donors (Lipinski definition) is 3. The molecule has 2 saturated carbocycles. The topological polar surface area (TPSA) is 138 Å². The third-order valence-corrected chi connectivity index (χ3v) is 8.15. The second kappa shape index (κ2) is 11.9. The fraction of sp³-hybridized carbons (Fsp3) is 0.643. The van der Waals surface area contributed by atoms with Crippen LogP contribution in [0.3, 0.4) is 0 Å². The Labute approximate surface area is 231 Å². The second-order valence-electron chi connectivity index (χ2n) is 11.6. The second-order valence-corrected chi connectivity index (χ2v) is 11.6. The van der Waals surface area contributed by atoms with Crippen LogP contribution in [0, 0.1) is 28.1 Å². The van der Waals surface area contributed by atoms with Gasteiger partial charge in [0.25, 0.3) is 5.91 Å². The van der Waals surface area contributed by atoms with Crippen LogP contribution < -0.4 is 20.1 Å². The molecule has 0 unspecified atom stereocenters. The summed E-state index contributed by atoms with van der Waals surface area (Å²) < 4.78 is 51.0. The first-order valence-electron chi connectivity index (χ1n) is 13.3. The molecule has 0 saturated heterocycles. The summed E-state index contributed by atoms with van der Waals surface area (Å²) >= 11 is 0. The lowest BCUT2D eigenvalue weighted by Gasteiger charge is -2.34. The SMILES string of the molecule is COc1cc(C#N)c(OC2CCC(C)(C(=O)O)CC2)cc1C(=O)N[C@@H]1CCC[C@@H]1C(=O)NCC(C)(C)C(F)(F)F. The van der Waals surface area contributed by atoms with Gasteiger partial charge in [-0.1, -0.05) is 6.42 Å². The molecule has 0 aliphatic heterocycles. The van der Waals surface area contributed by atoms with Crippen LogP contribution in [0.25, 0.3) is 0 Å². The number of carboxylic acids is 1. The quantitative estimate of drug-likeness (QED) is 0.397. The highest BCUT2D eigenvalue weighted by atomic mass is 19.4. The van der Waals surface area contributed by atoms with E-state index in [0.717, 1.165) is 13.8 Å². The van der Waals surface area contributed by atoms with Gasteiger partial charge in [0, 0.05) is 18.7 Å². The monoisotopic (exact) mass is 567 g/mol. The first-order chi connectivity index (χ1) is 18.6. The van der Waals surface area contributed by atoms with Crippen LogP contribution in [0.15, 0.2) is 12.1 Å². The van der Waals surface area contributed by atoms with Gasteiger partial charge in [-0.25, -0.2) is 0 Å². The van der Waals surface area contributed by atoms with Crippen LogP contribution in [0.1, 0.15) is 81.6 Å². The van der Waals surface area contributed by atoms with Crippen molar-refractivity contribution in [3.63, 3.8) is 0 Å². The van der Waals surface area contributed by atoms with Gasteiger partial charge in [0.05, 0.1) is 41.1 Å². The minimum absolute atomic E-state index is 0.0759. The van der Waals surface area contributed by atoms with Crippen LogP contribution in [0.5, 0.6) is 11.5 Å². The summed E-state index contributed by atoms with van der Waals surface area (Å²) in [5.74, 6) is -2.41. The number of carbonyl (C=O) groups excluding carboxylic acids is 2. The molecule has 12 heteroatoms. The van der Waals surface area contributed by atoms with Crippen molar-refractivity contribution >= 4 is 17.8 Å². The van der Waals surface area contributed by atoms with Crippen LogP contribution >= 0.6 is 0 Å². The fourth-order valence-corrected chi connectivity index (χ4v) is 5.06. The Morgan fingerprint density at radius 3 is 2.33 bits per heavy atom. The molecule has 0 bridgehead atoms. The summed E-state index contributed by atoms with van der Waals surface area (Å²) in [4.78, 5) is 37.6. The summed E-state index contributed by atoms with van der Waals surface area (Å²) in [6.07, 6.45) is -1.58. The van der Waals surface area contributed by atoms with Gasteiger partial charge in [0.1, 0.15) is 17.6 Å². The third kappa shape index (κ3) is 6.80. The van der Waals surface area contributed by atoms with E-state index in [-0.39, 0.29) is 28.7 Å². The zero-order chi connectivity index (χ0) is 29.9. The molecular weight excluding hydrogens is 531 g/mol. The number of carbonyl (C=O) groups is 3. The minimum Gasteiger partial charge on any atom is -0.496 e. The number of hydrogen-bond acceptors (Lipinski definition) is 6. The van der Waals surface area contributed by atoms with Gasteiger partial charge in [-0.05, 0) is 65.4 Å². The van der Waals surface area contributed by atoms with E-state index in [4.69, 9.17) is 9.47 Å². The lowest BCUT2D eigenvalue weighted by Crippen LogP contribution is -2.48. The Morgan fingerprint density at radius 1 is 1.12 bits per heavy atom. The molecule has 0 heterocycles. The number of nitrogens with one attached hydrogen (secondary N) is 2. The van der Waals surface area contributed by atoms with Crippen LogP contribution in [-0.4, -0.2) is 54.9 Å². The third-order valence-electron chi connectivity index (χ3n) is 8.15. The number of aliphatic carboxylic acids is 1. The van der Waals surface area contributed by atoms with E-state index >= 15 is 0 Å². The van der Waals surface area contributed by atoms with Crippen LogP contribution in [0.4, 0.5) is 13.2 Å². The minimum atomic E-state index is -4.48. The van der Waals surface area contributed by atoms with Crippen molar-refractivity contribution in [2.24, 2.45) is 16.7 Å². The van der Waals surface area contributed by atoms with Gasteiger partial charge in [-0.3, -0.25) is 14.4 Å². The average Bonchev–Trinajstić information content (AvgIpc) is 3.35. The number of benzene rings is 1. The number of halogens is 3. The molecule has 2 amide bonds. The smallest absolute Gasteiger partial charge is 0.395 e. The molecule has 1 aromatic carbocycles. The maximum Gasteiger partial charge on any atom is 0.395 e. The van der Waals surface area contributed by atoms with Crippen molar-refractivity contribution in [1.82, 2.24) is 10.6 Å². The molecule has 3 N–H and O–H groups in total. The zero-order valence-electron chi connectivity index (χ0n) is 23.1. The Kier molecular flexibility index (Phi) is 9.27. The van der Waals surface area contributed by atoms with Gasteiger partial charge < -0.3 is 25.2 Å². The van der Waals surface area contributed by atoms with Gasteiger partial charge >= 0.3 is 12.1 Å². The molecular formula is C28H36F3N3O6. The summed E-state index contributed by atoms with van der Waals surface area (Å²) in [5, 5.41) is 24.3. The summed E-state index contributed by atoms with van der Waals surface area (Å²) in [6.45, 7) is 3.13. The first kappa shape index (κ1) is 31.0. The highest BCUT2D eigenvalue weighted by Crippen LogP contribution is 2.39. The summed E-state index contributed by atoms with van der Waals surface area (Å²) in [7, 11) is 1.34. The lowest BCUT2D eigenvalue weighted by atomic mass is 9.75. The molecule has 2 aliphatic rings. The van der Waals surface area contributed by atoms with Gasteiger partial charge in [0.15, 0.2) is 0 Å². The molecule has 3 rings (SSSR count). The van der Waals surface area contributed by atoms with Crippen molar-refractivity contribution in [2.75, 3.05) is 13.7 Å². The number of alkyl halides is 3. The number of rotatable bonds is 9. The van der Waals surface area contributed by atoms with Crippen molar-refractivity contribution < 1.29 is 42.1 Å². The van der Waals surface area contributed by atoms with Crippen molar-refractivity contribution in [2.45, 2.75) is 84.0 Å². The molecule has 0 spiro atoms. The maximum atomic E-state index is 13.3. The van der Waals surface area contributed by atoms with Crippen LogP contribution in [0.2, 0.25) is 0 Å². The largest absolute Gasteiger partial charge is 0.496 e. The number of nitriles is 1. The summed E-state index contributed by atoms with van der Waals surface area (Å²) in [5.41, 5.74) is -2.72. The molecule has 1 aromatic rings. The first-order valence-corrected chi connectivity index (χ1v) is 13.3. The molecule has 2 fully saturated rings. The molecule has 0 aromatic heterocycles. The van der Waals surface area contributed by atoms with E-state index in [1.807, 2.05) is 6.07 Å². The Bertz CT molecular complexity index is 1170. The van der Waals surface area contributed by atoms with Gasteiger partial charge in [-0.2, -0.15) is 18.4 Å². The zero-order valence-corrected chi connectivity index (χ0v) is 23.1. The summed E-state index contributed by atoms with van der Waals surface area (Å²) in [6, 6.07) is 4.21. The number of amides is 2. The Balaban J connectivity index is 1.73. The van der Waals surface area contributed by atoms with E-state index in [2.05, 4.69) is 10.6 Å². The van der Waals surface area contributed by atoms with Crippen molar-refractivity contribution in [1.29, 1.82) is 5.26 Å². The van der Waals surface area contributed by atoms with Gasteiger partial charge in [-0.15, -0.1) is 0 Å². The van der Waals surface area contributed by atoms with Crippen molar-refractivity contribution in [3.8, 4) is 17.6 Å². The Morgan fingerprint density at radius 2 is 1.77 bits per heavy atom. The predicted octanol–water partition coefficient (Wildman–Crippen LogP) is 4.58. The fourth-order valence-electron chi connectivity index (χ4n) is 5.06. The number of nitrogens with zero attached hydrogens (tertiary/aromatic N) is 1. The number of ether oxygens (including phenoxy) is 2.